The van der Waals surface area contributed by atoms with Crippen molar-refractivity contribution < 1.29 is 37.4 Å². The smallest absolute Gasteiger partial charge is 0.394 e. The number of allylic oxidation sites excluding steroid dienone is 2. The lowest BCUT2D eigenvalue weighted by Gasteiger charge is -2.30. The molecule has 1 aromatic heterocycles. The fourth-order valence-corrected chi connectivity index (χ4v) is 5.17. The first-order valence-electron chi connectivity index (χ1n) is 11.7. The van der Waals surface area contributed by atoms with Crippen LogP contribution in [-0.4, -0.2) is 61.4 Å². The number of carbonyl (C=O) groups is 4. The molecule has 1 aromatic rings. The van der Waals surface area contributed by atoms with E-state index in [1.165, 1.54) is 0 Å². The molecule has 4 heterocycles. The van der Waals surface area contributed by atoms with Crippen LogP contribution in [-0.2, 0) is 19.2 Å². The third kappa shape index (κ3) is 4.04. The van der Waals surface area contributed by atoms with Gasteiger partial charge in [-0.1, -0.05) is 13.0 Å². The Labute approximate surface area is 206 Å². The summed E-state index contributed by atoms with van der Waals surface area (Å²) in [7, 11) is 0. The van der Waals surface area contributed by atoms with Crippen LogP contribution in [0.25, 0.3) is 6.08 Å². The molecule has 36 heavy (non-hydrogen) atoms. The Morgan fingerprint density at radius 1 is 1.28 bits per heavy atom. The number of aliphatic hydroxyl groups is 1. The van der Waals surface area contributed by atoms with E-state index in [9.17, 15) is 24.3 Å². The number of carbonyl (C=O) groups excluding carboxylic acids is 4. The van der Waals surface area contributed by atoms with Crippen molar-refractivity contribution >= 4 is 42.4 Å². The van der Waals surface area contributed by atoms with Gasteiger partial charge in [0.05, 0.1) is 12.3 Å². The maximum Gasteiger partial charge on any atom is 0.737 e. The molecule has 0 spiro atoms. The number of primary amides is 1. The molecule has 0 aromatic carbocycles. The lowest BCUT2D eigenvalue weighted by molar-refractivity contribution is -0.362. The number of aliphatic hydroxyl groups excluding tert-OH is 1. The van der Waals surface area contributed by atoms with Crippen LogP contribution < -0.4 is 5.73 Å². The van der Waals surface area contributed by atoms with Gasteiger partial charge in [0.25, 0.3) is 5.91 Å². The molecule has 3 aliphatic rings. The van der Waals surface area contributed by atoms with Crippen molar-refractivity contribution in [3.05, 3.63) is 53.0 Å². The lowest BCUT2D eigenvalue weighted by Crippen LogP contribution is -2.50. The van der Waals surface area contributed by atoms with Crippen LogP contribution in [0.1, 0.15) is 49.1 Å². The van der Waals surface area contributed by atoms with Gasteiger partial charge in [0.1, 0.15) is 11.8 Å². The molecule has 1 fully saturated rings. The minimum absolute atomic E-state index is 0.0229. The first-order valence-corrected chi connectivity index (χ1v) is 11.7. The number of aromatic nitrogens is 1. The van der Waals surface area contributed by atoms with E-state index in [-0.39, 0.29) is 18.4 Å². The maximum absolute atomic E-state index is 15.5. The zero-order valence-electron chi connectivity index (χ0n) is 20.0. The number of fused-ring (bicyclic) bond motifs is 2. The van der Waals surface area contributed by atoms with Crippen LogP contribution in [0.15, 0.2) is 36.1 Å². The molecule has 2 atom stereocenters. The molecule has 2 unspecified atom stereocenters. The summed E-state index contributed by atoms with van der Waals surface area (Å²) in [6.07, 6.45) is 3.87. The first-order chi connectivity index (χ1) is 16.9. The van der Waals surface area contributed by atoms with E-state index >= 15 is 8.63 Å². The summed E-state index contributed by atoms with van der Waals surface area (Å²) >= 11 is 0. The average molecular weight is 500 g/mol. The van der Waals surface area contributed by atoms with Crippen LogP contribution in [0.2, 0.25) is 0 Å². The van der Waals surface area contributed by atoms with Gasteiger partial charge in [-0.05, 0) is 44.0 Å². The summed E-state index contributed by atoms with van der Waals surface area (Å²) in [5.74, 6) is -5.09. The second kappa shape index (κ2) is 9.09. The molecule has 0 aliphatic carbocycles. The Balaban J connectivity index is 1.48. The van der Waals surface area contributed by atoms with Crippen LogP contribution in [0.4, 0.5) is 8.63 Å². The highest BCUT2D eigenvalue weighted by Gasteiger charge is 2.52. The van der Waals surface area contributed by atoms with Crippen LogP contribution in [0, 0.1) is 19.8 Å². The Bertz CT molecular complexity index is 1310. The predicted octanol–water partition coefficient (Wildman–Crippen LogP) is 1.57. The molecular weight excluding hydrogens is 473 g/mol. The monoisotopic (exact) mass is 500 g/mol. The van der Waals surface area contributed by atoms with E-state index in [0.717, 1.165) is 14.5 Å². The molecule has 190 valence electrons. The molecule has 4 rings (SSSR count). The first kappa shape index (κ1) is 25.4. The predicted molar refractivity (Wildman–Crippen MR) is 127 cm³/mol. The van der Waals surface area contributed by atoms with Gasteiger partial charge >= 0.3 is 6.97 Å². The Morgan fingerprint density at radius 2 is 1.97 bits per heavy atom. The lowest BCUT2D eigenvalue weighted by atomic mass is 9.89. The van der Waals surface area contributed by atoms with Crippen molar-refractivity contribution in [3.63, 3.8) is 0 Å². The summed E-state index contributed by atoms with van der Waals surface area (Å²) in [6, 6.07) is 1.73. The molecule has 0 bridgehead atoms. The van der Waals surface area contributed by atoms with Crippen molar-refractivity contribution in [2.45, 2.75) is 52.1 Å². The number of hydrogen-bond donors (Lipinski definition) is 2. The highest BCUT2D eigenvalue weighted by Crippen LogP contribution is 2.35. The number of hydrogen-bond acceptors (Lipinski definition) is 5. The van der Waals surface area contributed by atoms with Crippen LogP contribution in [0.3, 0.4) is 0 Å². The summed E-state index contributed by atoms with van der Waals surface area (Å²) in [4.78, 5) is 49.0. The van der Waals surface area contributed by atoms with Crippen LogP contribution in [0.5, 0.6) is 0 Å². The SMILES string of the molecule is C=C(C(N)=O)C(CCCCC1=[N+]2C(=Cc3c(C)cc(C)n3[B-]2(F)F)C=C1)C(=O)N1C(=O)CC(O)C1=O. The van der Waals surface area contributed by atoms with E-state index in [0.29, 0.717) is 40.5 Å². The second-order valence-corrected chi connectivity index (χ2v) is 9.39. The van der Waals surface area contributed by atoms with Gasteiger partial charge in [0.15, 0.2) is 5.70 Å². The third-order valence-electron chi connectivity index (χ3n) is 6.96. The molecular formula is C24H27BF2N4O5. The van der Waals surface area contributed by atoms with Crippen LogP contribution >= 0.6 is 0 Å². The van der Waals surface area contributed by atoms with Crippen molar-refractivity contribution in [2.75, 3.05) is 0 Å². The number of amides is 4. The van der Waals surface area contributed by atoms with Gasteiger partial charge in [0.2, 0.25) is 17.7 Å². The standard InChI is InChI=1S/C24H27BF2N4O5/c1-13-10-14(2)30-19(13)11-17-9-8-16(31(17)25(30,26)27)6-4-5-7-18(15(3)22(28)34)23(35)29-21(33)12-20(32)24(29)36/h8-11,18,20,32H,3-7,12H2,1-2H3,(H2,28,34). The Hall–Kier alpha value is -3.67. The number of unbranched alkanes of at least 4 members (excludes halogenated alkanes) is 1. The quantitative estimate of drug-likeness (QED) is 0.243. The fraction of sp³-hybridized carbons (Fsp3) is 0.375. The third-order valence-corrected chi connectivity index (χ3v) is 6.96. The Morgan fingerprint density at radius 3 is 2.58 bits per heavy atom. The number of nitrogens with two attached hydrogens (primary N) is 1. The summed E-state index contributed by atoms with van der Waals surface area (Å²) < 4.78 is 33.2. The summed E-state index contributed by atoms with van der Waals surface area (Å²) in [6.45, 7) is 2.89. The normalized spacial score (nSPS) is 21.0. The second-order valence-electron chi connectivity index (χ2n) is 9.39. The zero-order chi connectivity index (χ0) is 26.5. The molecule has 3 N–H and O–H groups in total. The van der Waals surface area contributed by atoms with Gasteiger partial charge in [0, 0.05) is 35.9 Å². The Kier molecular flexibility index (Phi) is 6.42. The van der Waals surface area contributed by atoms with Gasteiger partial charge < -0.3 is 28.4 Å². The highest BCUT2D eigenvalue weighted by atomic mass is 19.2. The minimum atomic E-state index is -4.09. The summed E-state index contributed by atoms with van der Waals surface area (Å²) in [5.41, 5.74) is 7.58. The average Bonchev–Trinajstić information content (AvgIpc) is 3.41. The topological polar surface area (TPSA) is 126 Å². The van der Waals surface area contributed by atoms with E-state index in [4.69, 9.17) is 5.73 Å². The molecule has 3 aliphatic heterocycles. The zero-order valence-corrected chi connectivity index (χ0v) is 20.0. The van der Waals surface area contributed by atoms with Gasteiger partial charge in [-0.2, -0.15) is 0 Å². The number of aryl methyl sites for hydroxylation is 2. The van der Waals surface area contributed by atoms with E-state index in [2.05, 4.69) is 6.58 Å². The van der Waals surface area contributed by atoms with Gasteiger partial charge in [-0.3, -0.25) is 19.2 Å². The summed E-state index contributed by atoms with van der Waals surface area (Å²) in [5, 5.41) is 9.61. The molecule has 0 saturated carbocycles. The van der Waals surface area contributed by atoms with Crippen molar-refractivity contribution in [1.29, 1.82) is 0 Å². The van der Waals surface area contributed by atoms with E-state index < -0.39 is 49.0 Å². The molecule has 1 saturated heterocycles. The maximum atomic E-state index is 15.5. The van der Waals surface area contributed by atoms with Gasteiger partial charge in [-0.25, -0.2) is 4.90 Å². The van der Waals surface area contributed by atoms with Crippen molar-refractivity contribution in [2.24, 2.45) is 11.7 Å². The highest BCUT2D eigenvalue weighted by molar-refractivity contribution is 6.58. The number of imide groups is 3. The molecule has 0 radical (unpaired) electrons. The molecule has 9 nitrogen and oxygen atoms in total. The fourth-order valence-electron chi connectivity index (χ4n) is 5.17. The number of halogens is 2. The number of nitrogens with zero attached hydrogens (tertiary/aromatic N) is 3. The van der Waals surface area contributed by atoms with Crippen molar-refractivity contribution in [3.8, 4) is 0 Å². The van der Waals surface area contributed by atoms with E-state index in [1.807, 2.05) is 0 Å². The number of likely N-dealkylation sites (tertiary alicyclic amines) is 1. The minimum Gasteiger partial charge on any atom is -0.394 e. The number of rotatable bonds is 8. The van der Waals surface area contributed by atoms with Gasteiger partial charge in [-0.15, -0.1) is 0 Å². The van der Waals surface area contributed by atoms with E-state index in [1.54, 1.807) is 38.1 Å². The van der Waals surface area contributed by atoms with Crippen molar-refractivity contribution in [1.82, 2.24) is 9.38 Å². The molecule has 12 heteroatoms. The molecule has 4 amide bonds. The largest absolute Gasteiger partial charge is 0.737 e.